The molecule has 2 aromatic heterocycles. The molecule has 0 saturated carbocycles. The number of benzene rings is 1. The number of aryl methyl sites for hydroxylation is 1. The second-order valence-electron chi connectivity index (χ2n) is 5.63. The van der Waals surface area contributed by atoms with Gasteiger partial charge in [0.2, 0.25) is 0 Å². The van der Waals surface area contributed by atoms with Crippen LogP contribution in [0.5, 0.6) is 0 Å². The number of amides is 1. The molecule has 0 fully saturated rings. The predicted octanol–water partition coefficient (Wildman–Crippen LogP) is 3.94. The van der Waals surface area contributed by atoms with Crippen molar-refractivity contribution in [1.29, 1.82) is 0 Å². The van der Waals surface area contributed by atoms with Crippen molar-refractivity contribution in [3.63, 3.8) is 0 Å². The zero-order valence-corrected chi connectivity index (χ0v) is 13.6. The molecule has 0 bridgehead atoms. The molecule has 5 heteroatoms. The summed E-state index contributed by atoms with van der Waals surface area (Å²) in [5.74, 6) is -0.770. The van der Waals surface area contributed by atoms with Crippen molar-refractivity contribution in [2.45, 2.75) is 20.4 Å². The summed E-state index contributed by atoms with van der Waals surface area (Å²) < 4.78 is 15.7. The van der Waals surface area contributed by atoms with Crippen LogP contribution in [-0.2, 0) is 6.54 Å². The number of carbonyl (C=O) groups is 1. The van der Waals surface area contributed by atoms with Crippen molar-refractivity contribution in [2.24, 2.45) is 0 Å². The van der Waals surface area contributed by atoms with E-state index in [1.807, 2.05) is 42.7 Å². The fourth-order valence-electron chi connectivity index (χ4n) is 2.68. The van der Waals surface area contributed by atoms with Crippen LogP contribution in [-0.4, -0.2) is 15.5 Å². The van der Waals surface area contributed by atoms with Gasteiger partial charge in [0, 0.05) is 17.6 Å². The fourth-order valence-corrected chi connectivity index (χ4v) is 2.68. The highest BCUT2D eigenvalue weighted by Crippen LogP contribution is 2.19. The average Bonchev–Trinajstić information content (AvgIpc) is 2.86. The van der Waals surface area contributed by atoms with Gasteiger partial charge in [0.1, 0.15) is 5.82 Å². The quantitative estimate of drug-likeness (QED) is 0.790. The number of hydrogen-bond donors (Lipinski definition) is 1. The van der Waals surface area contributed by atoms with Crippen molar-refractivity contribution in [3.05, 3.63) is 83.2 Å². The summed E-state index contributed by atoms with van der Waals surface area (Å²) in [6, 6.07) is 13.7. The molecule has 0 atom stereocenters. The van der Waals surface area contributed by atoms with Crippen LogP contribution in [0.15, 0.2) is 54.7 Å². The van der Waals surface area contributed by atoms with E-state index in [9.17, 15) is 9.18 Å². The van der Waals surface area contributed by atoms with E-state index in [0.29, 0.717) is 12.1 Å². The highest BCUT2D eigenvalue weighted by molar-refractivity contribution is 6.05. The van der Waals surface area contributed by atoms with Gasteiger partial charge in [0.15, 0.2) is 0 Å². The number of aromatic nitrogens is 2. The molecular weight excluding hydrogens is 305 g/mol. The fraction of sp³-hybridized carbons (Fsp3) is 0.158. The number of hydrogen-bond acceptors (Lipinski definition) is 2. The summed E-state index contributed by atoms with van der Waals surface area (Å²) in [5.41, 5.74) is 3.41. The van der Waals surface area contributed by atoms with Gasteiger partial charge in [0.25, 0.3) is 5.91 Å². The molecule has 122 valence electrons. The number of nitrogens with one attached hydrogen (secondary N) is 1. The normalized spacial score (nSPS) is 10.6. The van der Waals surface area contributed by atoms with E-state index in [-0.39, 0.29) is 11.6 Å². The molecule has 2 heterocycles. The minimum Gasteiger partial charge on any atom is -0.342 e. The Morgan fingerprint density at radius 2 is 1.92 bits per heavy atom. The second-order valence-corrected chi connectivity index (χ2v) is 5.63. The van der Waals surface area contributed by atoms with Crippen LogP contribution in [0.2, 0.25) is 0 Å². The molecular formula is C19H18FN3O. The van der Waals surface area contributed by atoms with Crippen molar-refractivity contribution < 1.29 is 9.18 Å². The van der Waals surface area contributed by atoms with Crippen LogP contribution < -0.4 is 5.32 Å². The zero-order valence-electron chi connectivity index (χ0n) is 13.6. The van der Waals surface area contributed by atoms with E-state index in [4.69, 9.17) is 0 Å². The molecule has 3 aromatic rings. The van der Waals surface area contributed by atoms with E-state index in [0.717, 1.165) is 17.1 Å². The lowest BCUT2D eigenvalue weighted by atomic mass is 10.2. The summed E-state index contributed by atoms with van der Waals surface area (Å²) >= 11 is 0. The lowest BCUT2D eigenvalue weighted by Gasteiger charge is -2.10. The maximum atomic E-state index is 13.7. The van der Waals surface area contributed by atoms with Gasteiger partial charge in [-0.1, -0.05) is 18.2 Å². The molecule has 0 aliphatic carbocycles. The lowest BCUT2D eigenvalue weighted by Crippen LogP contribution is -2.14. The molecule has 0 aliphatic heterocycles. The molecule has 0 saturated heterocycles. The maximum absolute atomic E-state index is 13.7. The molecule has 1 amide bonds. The van der Waals surface area contributed by atoms with Gasteiger partial charge >= 0.3 is 0 Å². The van der Waals surface area contributed by atoms with E-state index in [1.165, 1.54) is 6.07 Å². The van der Waals surface area contributed by atoms with Gasteiger partial charge in [-0.05, 0) is 44.2 Å². The Bertz CT molecular complexity index is 872. The molecule has 0 spiro atoms. The van der Waals surface area contributed by atoms with Crippen molar-refractivity contribution in [2.75, 3.05) is 5.32 Å². The number of nitrogens with zero attached hydrogens (tertiary/aromatic N) is 2. The molecule has 0 radical (unpaired) electrons. The van der Waals surface area contributed by atoms with Gasteiger partial charge in [0.05, 0.1) is 23.5 Å². The van der Waals surface area contributed by atoms with Crippen LogP contribution >= 0.6 is 0 Å². The number of rotatable bonds is 4. The van der Waals surface area contributed by atoms with Crippen LogP contribution in [0.4, 0.5) is 10.1 Å². The first-order valence-electron chi connectivity index (χ1n) is 7.69. The Balaban J connectivity index is 1.86. The zero-order chi connectivity index (χ0) is 17.1. The van der Waals surface area contributed by atoms with E-state index in [1.54, 1.807) is 24.4 Å². The largest absolute Gasteiger partial charge is 0.342 e. The van der Waals surface area contributed by atoms with Crippen molar-refractivity contribution >= 4 is 11.6 Å². The number of halogens is 1. The third-order valence-electron chi connectivity index (χ3n) is 3.99. The summed E-state index contributed by atoms with van der Waals surface area (Å²) in [6.45, 7) is 4.41. The molecule has 1 aromatic carbocycles. The monoisotopic (exact) mass is 323 g/mol. The topological polar surface area (TPSA) is 46.9 Å². The first kappa shape index (κ1) is 15.9. The summed E-state index contributed by atoms with van der Waals surface area (Å²) in [5, 5.41) is 2.63. The van der Waals surface area contributed by atoms with Crippen molar-refractivity contribution in [3.8, 4) is 0 Å². The Hall–Kier alpha value is -2.95. The van der Waals surface area contributed by atoms with Crippen LogP contribution in [0.1, 0.15) is 27.4 Å². The number of carbonyl (C=O) groups excluding carboxylic acids is 1. The number of anilines is 1. The Morgan fingerprint density at radius 1 is 1.17 bits per heavy atom. The summed E-state index contributed by atoms with van der Waals surface area (Å²) in [4.78, 5) is 16.8. The van der Waals surface area contributed by atoms with Gasteiger partial charge in [-0.15, -0.1) is 0 Å². The molecule has 0 unspecified atom stereocenters. The molecule has 0 aliphatic rings. The highest BCUT2D eigenvalue weighted by atomic mass is 19.1. The molecule has 1 N–H and O–H groups in total. The summed E-state index contributed by atoms with van der Waals surface area (Å²) in [6.07, 6.45) is 1.75. The van der Waals surface area contributed by atoms with Gasteiger partial charge < -0.3 is 9.88 Å². The first-order valence-corrected chi connectivity index (χ1v) is 7.69. The SMILES string of the molecule is Cc1cc(C(=O)Nc2ccccc2F)c(C)n1Cc1ccccn1. The van der Waals surface area contributed by atoms with Gasteiger partial charge in [-0.25, -0.2) is 4.39 Å². The van der Waals surface area contributed by atoms with Crippen LogP contribution in [0, 0.1) is 19.7 Å². The van der Waals surface area contributed by atoms with Gasteiger partial charge in [-0.2, -0.15) is 0 Å². The average molecular weight is 323 g/mol. The predicted molar refractivity (Wildman–Crippen MR) is 91.6 cm³/mol. The summed E-state index contributed by atoms with van der Waals surface area (Å²) in [7, 11) is 0. The standard InChI is InChI=1S/C19H18FN3O/c1-13-11-16(19(24)22-18-9-4-3-8-17(18)20)14(2)23(13)12-15-7-5-6-10-21-15/h3-11H,12H2,1-2H3,(H,22,24). The maximum Gasteiger partial charge on any atom is 0.257 e. The Kier molecular flexibility index (Phi) is 4.42. The third kappa shape index (κ3) is 3.20. The van der Waals surface area contributed by atoms with Gasteiger partial charge in [-0.3, -0.25) is 9.78 Å². The number of para-hydroxylation sites is 1. The van der Waals surface area contributed by atoms with E-state index in [2.05, 4.69) is 10.3 Å². The lowest BCUT2D eigenvalue weighted by molar-refractivity contribution is 0.102. The minimum absolute atomic E-state index is 0.178. The second kappa shape index (κ2) is 6.66. The molecule has 4 nitrogen and oxygen atoms in total. The van der Waals surface area contributed by atoms with E-state index < -0.39 is 5.82 Å². The Labute approximate surface area is 140 Å². The smallest absolute Gasteiger partial charge is 0.257 e. The third-order valence-corrected chi connectivity index (χ3v) is 3.99. The first-order chi connectivity index (χ1) is 11.6. The van der Waals surface area contributed by atoms with Crippen LogP contribution in [0.25, 0.3) is 0 Å². The molecule has 3 rings (SSSR count). The van der Waals surface area contributed by atoms with E-state index >= 15 is 0 Å². The number of pyridine rings is 1. The minimum atomic E-state index is -0.451. The van der Waals surface area contributed by atoms with Crippen LogP contribution in [0.3, 0.4) is 0 Å². The molecule has 24 heavy (non-hydrogen) atoms. The highest BCUT2D eigenvalue weighted by Gasteiger charge is 2.17. The Morgan fingerprint density at radius 3 is 2.62 bits per heavy atom. The van der Waals surface area contributed by atoms with Crippen molar-refractivity contribution in [1.82, 2.24) is 9.55 Å².